The van der Waals surface area contributed by atoms with Crippen LogP contribution in [0, 0.1) is 13.8 Å². The van der Waals surface area contributed by atoms with Crippen LogP contribution in [0.3, 0.4) is 0 Å². The van der Waals surface area contributed by atoms with Crippen LogP contribution in [0.5, 0.6) is 0 Å². The second kappa shape index (κ2) is 5.31. The molecular weight excluding hydrogens is 186 g/mol. The zero-order chi connectivity index (χ0) is 11.4. The standard InChI is InChI=1S/C12H23N3/c1-6-7-13-11(4)12(5)15-10(3)8-9(2)14-15/h8,11-13H,6-7H2,1-5H3. The van der Waals surface area contributed by atoms with Gasteiger partial charge in [0, 0.05) is 11.7 Å². The first-order chi connectivity index (χ1) is 7.06. The molecule has 3 nitrogen and oxygen atoms in total. The minimum atomic E-state index is 0.408. The third kappa shape index (κ3) is 3.06. The van der Waals surface area contributed by atoms with Gasteiger partial charge < -0.3 is 5.32 Å². The second-order valence-corrected chi connectivity index (χ2v) is 4.36. The lowest BCUT2D eigenvalue weighted by molar-refractivity contribution is 0.360. The van der Waals surface area contributed by atoms with Crippen molar-refractivity contribution in [3.63, 3.8) is 0 Å². The Bertz CT molecular complexity index is 304. The lowest BCUT2D eigenvalue weighted by Gasteiger charge is -2.22. The molecule has 0 fully saturated rings. The SMILES string of the molecule is CCCNC(C)C(C)n1nc(C)cc1C. The number of aryl methyl sites for hydroxylation is 2. The van der Waals surface area contributed by atoms with E-state index in [0.29, 0.717) is 12.1 Å². The average molecular weight is 209 g/mol. The number of nitrogens with one attached hydrogen (secondary N) is 1. The van der Waals surface area contributed by atoms with E-state index >= 15 is 0 Å². The molecule has 0 aliphatic carbocycles. The van der Waals surface area contributed by atoms with Crippen LogP contribution in [-0.2, 0) is 0 Å². The van der Waals surface area contributed by atoms with Gasteiger partial charge in [0.25, 0.3) is 0 Å². The van der Waals surface area contributed by atoms with Gasteiger partial charge in [-0.2, -0.15) is 5.10 Å². The van der Waals surface area contributed by atoms with Crippen LogP contribution < -0.4 is 5.32 Å². The van der Waals surface area contributed by atoms with Gasteiger partial charge in [-0.3, -0.25) is 4.68 Å². The number of rotatable bonds is 5. The normalized spacial score (nSPS) is 15.3. The van der Waals surface area contributed by atoms with Crippen LogP contribution in [0.2, 0.25) is 0 Å². The van der Waals surface area contributed by atoms with Gasteiger partial charge >= 0.3 is 0 Å². The van der Waals surface area contributed by atoms with E-state index in [9.17, 15) is 0 Å². The molecule has 0 amide bonds. The maximum absolute atomic E-state index is 4.52. The van der Waals surface area contributed by atoms with E-state index in [-0.39, 0.29) is 0 Å². The number of aromatic nitrogens is 2. The molecule has 2 atom stereocenters. The Morgan fingerprint density at radius 2 is 2.07 bits per heavy atom. The fraction of sp³-hybridized carbons (Fsp3) is 0.750. The van der Waals surface area contributed by atoms with E-state index in [1.54, 1.807) is 0 Å². The third-order valence-electron chi connectivity index (χ3n) is 2.87. The van der Waals surface area contributed by atoms with Crippen LogP contribution in [0.25, 0.3) is 0 Å². The zero-order valence-corrected chi connectivity index (χ0v) is 10.5. The van der Waals surface area contributed by atoms with Crippen molar-refractivity contribution in [2.75, 3.05) is 6.54 Å². The van der Waals surface area contributed by atoms with Crippen molar-refractivity contribution in [1.82, 2.24) is 15.1 Å². The molecule has 0 aromatic carbocycles. The molecule has 0 saturated carbocycles. The Morgan fingerprint density at radius 1 is 1.40 bits per heavy atom. The van der Waals surface area contributed by atoms with Crippen LogP contribution >= 0.6 is 0 Å². The van der Waals surface area contributed by atoms with E-state index in [4.69, 9.17) is 0 Å². The summed E-state index contributed by atoms with van der Waals surface area (Å²) in [6, 6.07) is 3.00. The highest BCUT2D eigenvalue weighted by atomic mass is 15.3. The highest BCUT2D eigenvalue weighted by molar-refractivity contribution is 5.07. The van der Waals surface area contributed by atoms with Crippen LogP contribution in [0.4, 0.5) is 0 Å². The fourth-order valence-corrected chi connectivity index (χ4v) is 1.81. The van der Waals surface area contributed by atoms with Crippen molar-refractivity contribution in [3.8, 4) is 0 Å². The van der Waals surface area contributed by atoms with Gasteiger partial charge in [0.1, 0.15) is 0 Å². The van der Waals surface area contributed by atoms with Crippen LogP contribution in [0.15, 0.2) is 6.07 Å². The first-order valence-electron chi connectivity index (χ1n) is 5.82. The van der Waals surface area contributed by atoms with Gasteiger partial charge in [0.15, 0.2) is 0 Å². The summed E-state index contributed by atoms with van der Waals surface area (Å²) in [5.41, 5.74) is 2.34. The van der Waals surface area contributed by atoms with Crippen LogP contribution in [0.1, 0.15) is 44.6 Å². The smallest absolute Gasteiger partial charge is 0.0644 e. The molecule has 0 spiro atoms. The van der Waals surface area contributed by atoms with Crippen molar-refractivity contribution >= 4 is 0 Å². The highest BCUT2D eigenvalue weighted by Gasteiger charge is 2.15. The Balaban J connectivity index is 2.66. The van der Waals surface area contributed by atoms with Gasteiger partial charge in [0.05, 0.1) is 11.7 Å². The molecule has 2 unspecified atom stereocenters. The molecule has 0 radical (unpaired) electrons. The third-order valence-corrected chi connectivity index (χ3v) is 2.87. The monoisotopic (exact) mass is 209 g/mol. The molecule has 86 valence electrons. The zero-order valence-electron chi connectivity index (χ0n) is 10.5. The van der Waals surface area contributed by atoms with E-state index in [1.165, 1.54) is 12.1 Å². The molecule has 0 saturated heterocycles. The second-order valence-electron chi connectivity index (χ2n) is 4.36. The lowest BCUT2D eigenvalue weighted by Crippen LogP contribution is -2.35. The van der Waals surface area contributed by atoms with Gasteiger partial charge in [0.2, 0.25) is 0 Å². The molecular formula is C12H23N3. The van der Waals surface area contributed by atoms with E-state index < -0.39 is 0 Å². The Morgan fingerprint density at radius 3 is 2.53 bits per heavy atom. The number of hydrogen-bond acceptors (Lipinski definition) is 2. The maximum Gasteiger partial charge on any atom is 0.0644 e. The van der Waals surface area contributed by atoms with Crippen molar-refractivity contribution in [2.45, 2.75) is 53.1 Å². The highest BCUT2D eigenvalue weighted by Crippen LogP contribution is 2.14. The van der Waals surface area contributed by atoms with E-state index in [1.807, 2.05) is 6.92 Å². The fourth-order valence-electron chi connectivity index (χ4n) is 1.81. The number of nitrogens with zero attached hydrogens (tertiary/aromatic N) is 2. The summed E-state index contributed by atoms with van der Waals surface area (Å²) in [5.74, 6) is 0. The van der Waals surface area contributed by atoms with Gasteiger partial charge in [-0.25, -0.2) is 0 Å². The summed E-state index contributed by atoms with van der Waals surface area (Å²) in [7, 11) is 0. The summed E-state index contributed by atoms with van der Waals surface area (Å²) in [5, 5.41) is 8.02. The first kappa shape index (κ1) is 12.2. The molecule has 3 heteroatoms. The summed E-state index contributed by atoms with van der Waals surface area (Å²) in [6.45, 7) is 11.9. The molecule has 1 rings (SSSR count). The predicted molar refractivity (Wildman–Crippen MR) is 64.2 cm³/mol. The van der Waals surface area contributed by atoms with E-state index in [0.717, 1.165) is 12.2 Å². The minimum Gasteiger partial charge on any atom is -0.312 e. The summed E-state index contributed by atoms with van der Waals surface area (Å²) >= 11 is 0. The van der Waals surface area contributed by atoms with Gasteiger partial charge in [-0.05, 0) is 46.7 Å². The number of hydrogen-bond donors (Lipinski definition) is 1. The van der Waals surface area contributed by atoms with Gasteiger partial charge in [-0.15, -0.1) is 0 Å². The van der Waals surface area contributed by atoms with Crippen molar-refractivity contribution < 1.29 is 0 Å². The van der Waals surface area contributed by atoms with Crippen molar-refractivity contribution in [2.24, 2.45) is 0 Å². The van der Waals surface area contributed by atoms with Crippen LogP contribution in [-0.4, -0.2) is 22.4 Å². The first-order valence-corrected chi connectivity index (χ1v) is 5.82. The van der Waals surface area contributed by atoms with E-state index in [2.05, 4.69) is 48.9 Å². The Labute approximate surface area is 92.9 Å². The lowest BCUT2D eigenvalue weighted by atomic mass is 10.1. The Hall–Kier alpha value is -0.830. The molecule has 1 aromatic rings. The molecule has 1 heterocycles. The van der Waals surface area contributed by atoms with Crippen molar-refractivity contribution in [3.05, 3.63) is 17.5 Å². The quantitative estimate of drug-likeness (QED) is 0.807. The molecule has 0 aliphatic heterocycles. The molecule has 1 N–H and O–H groups in total. The average Bonchev–Trinajstić information content (AvgIpc) is 2.53. The minimum absolute atomic E-state index is 0.408. The maximum atomic E-state index is 4.52. The molecule has 0 aliphatic rings. The molecule has 1 aromatic heterocycles. The van der Waals surface area contributed by atoms with Gasteiger partial charge in [-0.1, -0.05) is 6.92 Å². The molecule has 15 heavy (non-hydrogen) atoms. The molecule has 0 bridgehead atoms. The van der Waals surface area contributed by atoms with Crippen molar-refractivity contribution in [1.29, 1.82) is 0 Å². The topological polar surface area (TPSA) is 29.9 Å². The predicted octanol–water partition coefficient (Wildman–Crippen LogP) is 2.45. The Kier molecular flexibility index (Phi) is 4.33. The summed E-state index contributed by atoms with van der Waals surface area (Å²) in [4.78, 5) is 0. The summed E-state index contributed by atoms with van der Waals surface area (Å²) < 4.78 is 2.11. The largest absolute Gasteiger partial charge is 0.312 e. The summed E-state index contributed by atoms with van der Waals surface area (Å²) in [6.07, 6.45) is 1.17.